The van der Waals surface area contributed by atoms with E-state index >= 15 is 0 Å². The van der Waals surface area contributed by atoms with E-state index in [0.717, 1.165) is 12.8 Å². The maximum absolute atomic E-state index is 2.29. The first-order valence-corrected chi connectivity index (χ1v) is 5.66. The van der Waals surface area contributed by atoms with E-state index in [1.807, 2.05) is 0 Å². The molecular weight excluding hydrogens is 180 g/mol. The fourth-order valence-corrected chi connectivity index (χ4v) is 1.13. The highest BCUT2D eigenvalue weighted by molar-refractivity contribution is 5.21. The Labute approximate surface area is 95.1 Å². The lowest BCUT2D eigenvalue weighted by molar-refractivity contribution is 0.967. The van der Waals surface area contributed by atoms with Crippen LogP contribution in [0.5, 0.6) is 0 Å². The van der Waals surface area contributed by atoms with E-state index in [0.29, 0.717) is 0 Å². The van der Waals surface area contributed by atoms with Crippen molar-refractivity contribution >= 4 is 0 Å². The van der Waals surface area contributed by atoms with Gasteiger partial charge in [0.25, 0.3) is 0 Å². The van der Waals surface area contributed by atoms with Crippen molar-refractivity contribution in [2.24, 2.45) is 0 Å². The van der Waals surface area contributed by atoms with Crippen molar-refractivity contribution in [1.29, 1.82) is 0 Å². The maximum Gasteiger partial charge on any atom is -0.0285 e. The minimum atomic E-state index is 1.15. The summed E-state index contributed by atoms with van der Waals surface area (Å²) in [6.45, 7) is 10.7. The lowest BCUT2D eigenvalue weighted by atomic mass is 10.1. The second-order valence-corrected chi connectivity index (χ2v) is 4.22. The van der Waals surface area contributed by atoms with Gasteiger partial charge in [0.1, 0.15) is 0 Å². The molecule has 0 amide bonds. The van der Waals surface area contributed by atoms with Gasteiger partial charge in [-0.15, -0.1) is 0 Å². The van der Waals surface area contributed by atoms with Crippen molar-refractivity contribution in [2.75, 3.05) is 0 Å². The first kappa shape index (κ1) is 14.0. The molecule has 0 aliphatic rings. The maximum atomic E-state index is 2.29. The minimum absolute atomic E-state index is 1.15. The number of hydrogen-bond donors (Lipinski definition) is 0. The Bertz CT molecular complexity index is 281. The average molecular weight is 204 g/mol. The smallest absolute Gasteiger partial charge is 0.0285 e. The molecule has 15 heavy (non-hydrogen) atoms. The molecule has 0 saturated carbocycles. The van der Waals surface area contributed by atoms with Crippen LogP contribution in [0.4, 0.5) is 0 Å². The summed E-state index contributed by atoms with van der Waals surface area (Å²) in [5.41, 5.74) is 4.15. The molecule has 0 nitrogen and oxygen atoms in total. The topological polar surface area (TPSA) is 0 Å². The summed E-state index contributed by atoms with van der Waals surface area (Å²) >= 11 is 0. The predicted octanol–water partition coefficient (Wildman–Crippen LogP) is 5.20. The summed E-state index contributed by atoms with van der Waals surface area (Å²) in [5.74, 6) is 0. The zero-order valence-electron chi connectivity index (χ0n) is 10.8. The monoisotopic (exact) mass is 204 g/mol. The van der Waals surface area contributed by atoms with Crippen LogP contribution < -0.4 is 0 Å². The lowest BCUT2D eigenvalue weighted by Gasteiger charge is -1.96. The first-order chi connectivity index (χ1) is 7.06. The Balaban J connectivity index is 4.00. The zero-order chi connectivity index (χ0) is 11.7. The third-order valence-corrected chi connectivity index (χ3v) is 2.29. The highest BCUT2D eigenvalue weighted by atomic mass is 13.9. The SMILES string of the molecule is C\C=C(C)/C=C\C=C(/C)CCC=C(C)C. The van der Waals surface area contributed by atoms with Gasteiger partial charge in [-0.25, -0.2) is 0 Å². The predicted molar refractivity (Wildman–Crippen MR) is 71.0 cm³/mol. The molecule has 0 aliphatic heterocycles. The third kappa shape index (κ3) is 9.27. The highest BCUT2D eigenvalue weighted by Gasteiger charge is 1.86. The highest BCUT2D eigenvalue weighted by Crippen LogP contribution is 2.07. The van der Waals surface area contributed by atoms with Crippen molar-refractivity contribution in [1.82, 2.24) is 0 Å². The molecule has 0 heteroatoms. The van der Waals surface area contributed by atoms with E-state index in [9.17, 15) is 0 Å². The lowest BCUT2D eigenvalue weighted by Crippen LogP contribution is -1.76. The molecule has 0 aromatic heterocycles. The van der Waals surface area contributed by atoms with Crippen molar-refractivity contribution < 1.29 is 0 Å². The molecule has 0 radical (unpaired) electrons. The van der Waals surface area contributed by atoms with E-state index in [1.165, 1.54) is 16.7 Å². The molecule has 0 saturated heterocycles. The Hall–Kier alpha value is -1.04. The Morgan fingerprint density at radius 3 is 2.27 bits per heavy atom. The summed E-state index contributed by atoms with van der Waals surface area (Å²) in [4.78, 5) is 0. The third-order valence-electron chi connectivity index (χ3n) is 2.29. The van der Waals surface area contributed by atoms with Crippen LogP contribution in [0.2, 0.25) is 0 Å². The largest absolute Gasteiger partial charge is 0.0856 e. The summed E-state index contributed by atoms with van der Waals surface area (Å²) in [7, 11) is 0. The van der Waals surface area contributed by atoms with Gasteiger partial charge in [0.15, 0.2) is 0 Å². The molecule has 0 heterocycles. The summed E-state index contributed by atoms with van der Waals surface area (Å²) < 4.78 is 0. The summed E-state index contributed by atoms with van der Waals surface area (Å²) in [6, 6.07) is 0. The van der Waals surface area contributed by atoms with E-state index in [2.05, 4.69) is 65.0 Å². The van der Waals surface area contributed by atoms with Crippen LogP contribution in [-0.4, -0.2) is 0 Å². The molecule has 0 bridgehead atoms. The van der Waals surface area contributed by atoms with Gasteiger partial charge in [0.2, 0.25) is 0 Å². The Kier molecular flexibility index (Phi) is 7.71. The molecule has 0 atom stereocenters. The van der Waals surface area contributed by atoms with E-state index in [4.69, 9.17) is 0 Å². The van der Waals surface area contributed by atoms with Gasteiger partial charge in [-0.05, 0) is 47.5 Å². The molecule has 0 N–H and O–H groups in total. The summed E-state index contributed by atoms with van der Waals surface area (Å²) in [6.07, 6.45) is 13.2. The van der Waals surface area contributed by atoms with Crippen molar-refractivity contribution in [2.45, 2.75) is 47.5 Å². The molecule has 0 aromatic carbocycles. The van der Waals surface area contributed by atoms with Crippen LogP contribution in [0.3, 0.4) is 0 Å². The summed E-state index contributed by atoms with van der Waals surface area (Å²) in [5, 5.41) is 0. The fourth-order valence-electron chi connectivity index (χ4n) is 1.13. The Morgan fingerprint density at radius 2 is 1.73 bits per heavy atom. The van der Waals surface area contributed by atoms with Crippen LogP contribution in [-0.2, 0) is 0 Å². The van der Waals surface area contributed by atoms with Gasteiger partial charge in [0.05, 0.1) is 0 Å². The van der Waals surface area contributed by atoms with Crippen LogP contribution in [0.15, 0.2) is 47.1 Å². The molecule has 0 fully saturated rings. The quantitative estimate of drug-likeness (QED) is 0.426. The van der Waals surface area contributed by atoms with Crippen molar-refractivity contribution in [3.63, 3.8) is 0 Å². The molecule has 84 valence electrons. The number of hydrogen-bond acceptors (Lipinski definition) is 0. The van der Waals surface area contributed by atoms with Gasteiger partial charge in [-0.2, -0.15) is 0 Å². The zero-order valence-corrected chi connectivity index (χ0v) is 10.8. The van der Waals surface area contributed by atoms with Crippen LogP contribution >= 0.6 is 0 Å². The fraction of sp³-hybridized carbons (Fsp3) is 0.467. The molecule has 0 unspecified atom stereocenters. The molecular formula is C15H24. The van der Waals surface area contributed by atoms with Crippen LogP contribution in [0, 0.1) is 0 Å². The second kappa shape index (κ2) is 8.28. The normalized spacial score (nSPS) is 13.4. The van der Waals surface area contributed by atoms with E-state index in [-0.39, 0.29) is 0 Å². The second-order valence-electron chi connectivity index (χ2n) is 4.22. The molecule has 0 spiro atoms. The Morgan fingerprint density at radius 1 is 1.07 bits per heavy atom. The van der Waals surface area contributed by atoms with Crippen LogP contribution in [0.1, 0.15) is 47.5 Å². The van der Waals surface area contributed by atoms with Gasteiger partial charge in [0, 0.05) is 0 Å². The van der Waals surface area contributed by atoms with Gasteiger partial charge >= 0.3 is 0 Å². The number of allylic oxidation sites excluding steroid dienone is 8. The van der Waals surface area contributed by atoms with Gasteiger partial charge in [-0.3, -0.25) is 0 Å². The standard InChI is InChI=1S/C15H24/c1-6-14(4)10-8-12-15(5)11-7-9-13(2)3/h6,8-10,12H,7,11H2,1-5H3/b10-8-,14-6-,15-12+. The van der Waals surface area contributed by atoms with E-state index < -0.39 is 0 Å². The van der Waals surface area contributed by atoms with E-state index in [1.54, 1.807) is 0 Å². The number of rotatable bonds is 5. The molecule has 0 rings (SSSR count). The van der Waals surface area contributed by atoms with Gasteiger partial charge in [-0.1, -0.05) is 47.1 Å². The first-order valence-electron chi connectivity index (χ1n) is 5.66. The molecule has 0 aromatic rings. The average Bonchev–Trinajstić information content (AvgIpc) is 2.17. The minimum Gasteiger partial charge on any atom is -0.0856 e. The van der Waals surface area contributed by atoms with Gasteiger partial charge < -0.3 is 0 Å². The molecule has 0 aliphatic carbocycles. The van der Waals surface area contributed by atoms with Crippen LogP contribution in [0.25, 0.3) is 0 Å². The van der Waals surface area contributed by atoms with Crippen molar-refractivity contribution in [3.05, 3.63) is 47.1 Å². The van der Waals surface area contributed by atoms with Crippen molar-refractivity contribution in [3.8, 4) is 0 Å².